The fourth-order valence-corrected chi connectivity index (χ4v) is 1.84. The van der Waals surface area contributed by atoms with Gasteiger partial charge in [-0.2, -0.15) is 4.73 Å². The summed E-state index contributed by atoms with van der Waals surface area (Å²) in [6.45, 7) is 1.69. The summed E-state index contributed by atoms with van der Waals surface area (Å²) in [5.74, 6) is 0. The highest BCUT2D eigenvalue weighted by atomic mass is 32.2. The molecule has 0 saturated heterocycles. The van der Waals surface area contributed by atoms with Gasteiger partial charge in [0.25, 0.3) is 5.03 Å². The summed E-state index contributed by atoms with van der Waals surface area (Å²) >= 11 is 1.41. The Hall–Kier alpha value is -1.23. The van der Waals surface area contributed by atoms with Gasteiger partial charge in [0.05, 0.1) is 31.4 Å². The zero-order valence-corrected chi connectivity index (χ0v) is 7.78. The van der Waals surface area contributed by atoms with Gasteiger partial charge in [-0.1, -0.05) is 0 Å². The van der Waals surface area contributed by atoms with Crippen LogP contribution in [-0.4, -0.2) is 23.7 Å². The van der Waals surface area contributed by atoms with Crippen LogP contribution >= 0.6 is 11.9 Å². The molecule has 0 N–H and O–H groups in total. The number of hydrogen-bond donors (Lipinski definition) is 0. The minimum atomic E-state index is 0.677. The molecule has 0 bridgehead atoms. The van der Waals surface area contributed by atoms with Crippen molar-refractivity contribution in [1.29, 1.82) is 0 Å². The third-order valence-corrected chi connectivity index (χ3v) is 2.67. The lowest BCUT2D eigenvalue weighted by atomic mass is 10.5. The highest BCUT2D eigenvalue weighted by molar-refractivity contribution is 7.97. The van der Waals surface area contributed by atoms with E-state index < -0.39 is 0 Å². The average molecular weight is 195 g/mol. The zero-order valence-electron chi connectivity index (χ0n) is 6.96. The zero-order chi connectivity index (χ0) is 9.10. The van der Waals surface area contributed by atoms with Gasteiger partial charge in [-0.15, -0.1) is 0 Å². The third-order valence-electron chi connectivity index (χ3n) is 1.66. The second-order valence-corrected chi connectivity index (χ2v) is 3.69. The van der Waals surface area contributed by atoms with Crippen molar-refractivity contribution in [1.82, 2.24) is 4.31 Å². The van der Waals surface area contributed by atoms with Gasteiger partial charge in [-0.3, -0.25) is 9.30 Å². The van der Waals surface area contributed by atoms with E-state index in [-0.39, 0.29) is 0 Å². The number of pyridine rings is 1. The molecule has 0 saturated carbocycles. The molecule has 2 rings (SSSR count). The van der Waals surface area contributed by atoms with E-state index in [0.29, 0.717) is 5.03 Å². The lowest BCUT2D eigenvalue weighted by molar-refractivity contribution is -0.645. The summed E-state index contributed by atoms with van der Waals surface area (Å²) in [4.78, 5) is 4.06. The molecular weight excluding hydrogens is 186 g/mol. The van der Waals surface area contributed by atoms with Crippen LogP contribution in [0.4, 0.5) is 0 Å². The molecular formula is C8H9N3OS. The number of aromatic nitrogens is 1. The molecule has 13 heavy (non-hydrogen) atoms. The Bertz CT molecular complexity index is 329. The molecule has 1 aromatic rings. The average Bonchev–Trinajstić information content (AvgIpc) is 2.61. The summed E-state index contributed by atoms with van der Waals surface area (Å²) in [5.41, 5.74) is 0. The molecule has 1 aliphatic heterocycles. The van der Waals surface area contributed by atoms with Crippen LogP contribution in [0.25, 0.3) is 0 Å². The molecule has 0 atom stereocenters. The minimum absolute atomic E-state index is 0.677. The van der Waals surface area contributed by atoms with Crippen LogP contribution < -0.4 is 4.73 Å². The summed E-state index contributed by atoms with van der Waals surface area (Å²) in [7, 11) is 0. The lowest BCUT2D eigenvalue weighted by Gasteiger charge is -2.10. The summed E-state index contributed by atoms with van der Waals surface area (Å²) < 4.78 is 2.81. The minimum Gasteiger partial charge on any atom is -0.618 e. The SMILES string of the molecule is [O-][n+]1ccccc1SN1C=NCC1. The van der Waals surface area contributed by atoms with Crippen LogP contribution in [0.15, 0.2) is 34.4 Å². The molecule has 0 aliphatic carbocycles. The van der Waals surface area contributed by atoms with Gasteiger partial charge in [0.15, 0.2) is 6.20 Å². The quantitative estimate of drug-likeness (QED) is 0.396. The summed E-state index contributed by atoms with van der Waals surface area (Å²) in [6, 6.07) is 5.36. The number of nitrogens with zero attached hydrogens (tertiary/aromatic N) is 3. The Balaban J connectivity index is 2.09. The first-order valence-corrected chi connectivity index (χ1v) is 4.76. The van der Waals surface area contributed by atoms with Crippen LogP contribution in [0.1, 0.15) is 0 Å². The van der Waals surface area contributed by atoms with Crippen LogP contribution in [-0.2, 0) is 0 Å². The molecule has 4 nitrogen and oxygen atoms in total. The molecule has 0 amide bonds. The molecule has 0 spiro atoms. The Morgan fingerprint density at radius 2 is 2.46 bits per heavy atom. The van der Waals surface area contributed by atoms with Crippen molar-refractivity contribution in [2.45, 2.75) is 5.03 Å². The van der Waals surface area contributed by atoms with Crippen molar-refractivity contribution < 1.29 is 4.73 Å². The van der Waals surface area contributed by atoms with Crippen LogP contribution in [0.2, 0.25) is 0 Å². The second-order valence-electron chi connectivity index (χ2n) is 2.62. The Morgan fingerprint density at radius 1 is 1.54 bits per heavy atom. The van der Waals surface area contributed by atoms with Crippen molar-refractivity contribution in [3.05, 3.63) is 29.6 Å². The largest absolute Gasteiger partial charge is 0.618 e. The topological polar surface area (TPSA) is 42.5 Å². The molecule has 5 heteroatoms. The monoisotopic (exact) mass is 195 g/mol. The number of aliphatic imine (C=N–C) groups is 1. The van der Waals surface area contributed by atoms with Crippen molar-refractivity contribution in [3.63, 3.8) is 0 Å². The van der Waals surface area contributed by atoms with Gasteiger partial charge >= 0.3 is 0 Å². The molecule has 0 unspecified atom stereocenters. The molecule has 2 heterocycles. The predicted octanol–water partition coefficient (Wildman–Crippen LogP) is 0.671. The van der Waals surface area contributed by atoms with Crippen LogP contribution in [0.3, 0.4) is 0 Å². The maximum Gasteiger partial charge on any atom is 0.272 e. The fourth-order valence-electron chi connectivity index (χ4n) is 1.04. The van der Waals surface area contributed by atoms with E-state index >= 15 is 0 Å². The van der Waals surface area contributed by atoms with Gasteiger partial charge in [0.1, 0.15) is 0 Å². The first kappa shape index (κ1) is 8.37. The predicted molar refractivity (Wildman–Crippen MR) is 51.3 cm³/mol. The van der Waals surface area contributed by atoms with E-state index in [1.54, 1.807) is 18.5 Å². The van der Waals surface area contributed by atoms with Gasteiger partial charge < -0.3 is 5.21 Å². The molecule has 0 radical (unpaired) electrons. The molecule has 68 valence electrons. The van der Waals surface area contributed by atoms with Gasteiger partial charge in [0, 0.05) is 12.1 Å². The number of rotatable bonds is 2. The van der Waals surface area contributed by atoms with E-state index in [1.807, 2.05) is 10.4 Å². The van der Waals surface area contributed by atoms with Crippen LogP contribution in [0.5, 0.6) is 0 Å². The van der Waals surface area contributed by atoms with Crippen molar-refractivity contribution in [3.8, 4) is 0 Å². The normalized spacial score (nSPS) is 15.2. The summed E-state index contributed by atoms with van der Waals surface area (Å²) in [6.07, 6.45) is 3.26. The second kappa shape index (κ2) is 3.66. The van der Waals surface area contributed by atoms with E-state index in [9.17, 15) is 5.21 Å². The molecule has 0 aromatic carbocycles. The lowest BCUT2D eigenvalue weighted by Crippen LogP contribution is -2.29. The van der Waals surface area contributed by atoms with Gasteiger partial charge in [0.2, 0.25) is 0 Å². The maximum atomic E-state index is 11.2. The Kier molecular flexibility index (Phi) is 2.35. The standard InChI is InChI=1S/C8H9N3OS/c12-11-5-2-1-3-8(11)13-10-6-4-9-7-10/h1-3,5,7H,4,6H2. The highest BCUT2D eigenvalue weighted by Crippen LogP contribution is 2.18. The van der Waals surface area contributed by atoms with E-state index in [4.69, 9.17) is 0 Å². The fraction of sp³-hybridized carbons (Fsp3) is 0.250. The van der Waals surface area contributed by atoms with Gasteiger partial charge in [-0.05, 0) is 6.07 Å². The van der Waals surface area contributed by atoms with E-state index in [2.05, 4.69) is 4.99 Å². The van der Waals surface area contributed by atoms with Crippen LogP contribution in [0, 0.1) is 5.21 Å². The van der Waals surface area contributed by atoms with Gasteiger partial charge in [-0.25, -0.2) is 0 Å². The molecule has 1 aromatic heterocycles. The third kappa shape index (κ3) is 1.92. The highest BCUT2D eigenvalue weighted by Gasteiger charge is 2.12. The first-order valence-electron chi connectivity index (χ1n) is 3.99. The van der Waals surface area contributed by atoms with E-state index in [1.165, 1.54) is 18.1 Å². The smallest absolute Gasteiger partial charge is 0.272 e. The molecule has 1 aliphatic rings. The number of hydrogen-bond acceptors (Lipinski definition) is 4. The Labute approximate surface area is 80.6 Å². The van der Waals surface area contributed by atoms with Crippen molar-refractivity contribution in [2.75, 3.05) is 13.1 Å². The summed E-state index contributed by atoms with van der Waals surface area (Å²) in [5, 5.41) is 11.9. The van der Waals surface area contributed by atoms with Crippen molar-refractivity contribution in [2.24, 2.45) is 4.99 Å². The Morgan fingerprint density at radius 3 is 3.15 bits per heavy atom. The maximum absolute atomic E-state index is 11.2. The van der Waals surface area contributed by atoms with E-state index in [0.717, 1.165) is 17.8 Å². The molecule has 0 fully saturated rings. The first-order chi connectivity index (χ1) is 6.36. The van der Waals surface area contributed by atoms with Crippen molar-refractivity contribution >= 4 is 18.3 Å².